The van der Waals surface area contributed by atoms with E-state index in [9.17, 15) is 19.1 Å². The van der Waals surface area contributed by atoms with E-state index in [0.717, 1.165) is 16.7 Å². The summed E-state index contributed by atoms with van der Waals surface area (Å²) < 4.78 is 41.0. The van der Waals surface area contributed by atoms with Crippen LogP contribution in [-0.2, 0) is 27.3 Å². The standard InChI is InChI=1S/C33H40FNO8/c1-4-41-31(32(36)37)22-25-10-14-28(15-11-25)42-20-18-35(33(38)43-30-21-24(2)7-16-29(30)39-3)17-5-6-19-40-23-26-8-12-27(34)13-9-26/h7-16,21,31H,4-6,17-20,22-23H2,1-3H3,(H,36,37). The third kappa shape index (κ3) is 11.6. The van der Waals surface area contributed by atoms with E-state index in [0.29, 0.717) is 56.5 Å². The molecule has 0 bridgehead atoms. The average molecular weight is 598 g/mol. The summed E-state index contributed by atoms with van der Waals surface area (Å²) in [6.45, 7) is 5.76. The summed E-state index contributed by atoms with van der Waals surface area (Å²) >= 11 is 0. The molecule has 3 aromatic carbocycles. The number of aryl methyl sites for hydroxylation is 1. The second-order valence-electron chi connectivity index (χ2n) is 9.87. The van der Waals surface area contributed by atoms with Crippen molar-refractivity contribution in [2.24, 2.45) is 0 Å². The minimum Gasteiger partial charge on any atom is -0.493 e. The summed E-state index contributed by atoms with van der Waals surface area (Å²) in [5.41, 5.74) is 2.63. The number of hydrogen-bond donors (Lipinski definition) is 1. The molecule has 0 fully saturated rings. The number of amides is 1. The highest BCUT2D eigenvalue weighted by atomic mass is 19.1. The van der Waals surface area contributed by atoms with Crippen LogP contribution in [0.2, 0.25) is 0 Å². The molecule has 3 aromatic rings. The zero-order valence-corrected chi connectivity index (χ0v) is 24.9. The number of carboxylic acids is 1. The average Bonchev–Trinajstić information content (AvgIpc) is 2.99. The number of unbranched alkanes of at least 4 members (excludes halogenated alkanes) is 1. The van der Waals surface area contributed by atoms with Crippen LogP contribution in [0, 0.1) is 12.7 Å². The highest BCUT2D eigenvalue weighted by Gasteiger charge is 2.19. The molecule has 0 aliphatic rings. The number of nitrogens with zero attached hydrogens (tertiary/aromatic N) is 1. The molecule has 232 valence electrons. The molecule has 43 heavy (non-hydrogen) atoms. The monoisotopic (exact) mass is 597 g/mol. The van der Waals surface area contributed by atoms with Crippen molar-refractivity contribution in [1.29, 1.82) is 0 Å². The number of ether oxygens (including phenoxy) is 5. The molecule has 0 spiro atoms. The van der Waals surface area contributed by atoms with Gasteiger partial charge in [-0.1, -0.05) is 30.3 Å². The van der Waals surface area contributed by atoms with Gasteiger partial charge in [-0.05, 0) is 79.8 Å². The van der Waals surface area contributed by atoms with Gasteiger partial charge in [-0.2, -0.15) is 0 Å². The van der Waals surface area contributed by atoms with Crippen molar-refractivity contribution < 1.29 is 42.8 Å². The highest BCUT2D eigenvalue weighted by molar-refractivity contribution is 5.73. The van der Waals surface area contributed by atoms with E-state index in [-0.39, 0.29) is 25.4 Å². The number of halogens is 1. The lowest BCUT2D eigenvalue weighted by molar-refractivity contribution is -0.149. The van der Waals surface area contributed by atoms with Crippen molar-refractivity contribution in [3.63, 3.8) is 0 Å². The number of carboxylic acid groups (broad SMARTS) is 1. The molecule has 0 radical (unpaired) electrons. The van der Waals surface area contributed by atoms with Crippen molar-refractivity contribution in [1.82, 2.24) is 4.90 Å². The summed E-state index contributed by atoms with van der Waals surface area (Å²) in [7, 11) is 1.52. The minimum absolute atomic E-state index is 0.219. The van der Waals surface area contributed by atoms with Crippen molar-refractivity contribution in [2.45, 2.75) is 45.8 Å². The van der Waals surface area contributed by atoms with E-state index in [2.05, 4.69) is 0 Å². The van der Waals surface area contributed by atoms with E-state index in [4.69, 9.17) is 23.7 Å². The molecule has 0 aliphatic heterocycles. The molecule has 0 aliphatic carbocycles. The molecule has 1 atom stereocenters. The summed E-state index contributed by atoms with van der Waals surface area (Å²) in [6.07, 6.45) is 0.199. The first-order valence-corrected chi connectivity index (χ1v) is 14.3. The summed E-state index contributed by atoms with van der Waals surface area (Å²) in [4.78, 5) is 26.1. The van der Waals surface area contributed by atoms with Crippen LogP contribution in [0.5, 0.6) is 17.2 Å². The third-order valence-electron chi connectivity index (χ3n) is 6.54. The molecule has 0 aromatic heterocycles. The predicted molar refractivity (Wildman–Crippen MR) is 159 cm³/mol. The number of hydrogen-bond acceptors (Lipinski definition) is 7. The molecular weight excluding hydrogens is 557 g/mol. The maximum Gasteiger partial charge on any atom is 0.415 e. The Morgan fingerprint density at radius 1 is 0.907 bits per heavy atom. The Hall–Kier alpha value is -4.15. The maximum absolute atomic E-state index is 13.2. The van der Waals surface area contributed by atoms with Crippen molar-refractivity contribution in [3.8, 4) is 17.2 Å². The third-order valence-corrected chi connectivity index (χ3v) is 6.54. The smallest absolute Gasteiger partial charge is 0.415 e. The molecule has 1 amide bonds. The number of carbonyl (C=O) groups excluding carboxylic acids is 1. The topological polar surface area (TPSA) is 104 Å². The van der Waals surface area contributed by atoms with Crippen LogP contribution >= 0.6 is 0 Å². The fraction of sp³-hybridized carbons (Fsp3) is 0.394. The second-order valence-corrected chi connectivity index (χ2v) is 9.87. The van der Waals surface area contributed by atoms with Gasteiger partial charge in [0.1, 0.15) is 18.2 Å². The zero-order valence-electron chi connectivity index (χ0n) is 24.9. The molecule has 1 unspecified atom stereocenters. The van der Waals surface area contributed by atoms with E-state index in [1.165, 1.54) is 19.2 Å². The molecule has 0 heterocycles. The molecule has 9 nitrogen and oxygen atoms in total. The number of carbonyl (C=O) groups is 2. The van der Waals surface area contributed by atoms with Gasteiger partial charge in [0.25, 0.3) is 0 Å². The Morgan fingerprint density at radius 3 is 2.30 bits per heavy atom. The Labute approximate surface area is 252 Å². The van der Waals surface area contributed by atoms with Crippen LogP contribution in [-0.4, -0.2) is 68.2 Å². The van der Waals surface area contributed by atoms with Gasteiger partial charge in [-0.3, -0.25) is 0 Å². The Morgan fingerprint density at radius 2 is 1.63 bits per heavy atom. The van der Waals surface area contributed by atoms with Crippen molar-refractivity contribution >= 4 is 12.1 Å². The summed E-state index contributed by atoms with van der Waals surface area (Å²) in [5, 5.41) is 9.31. The van der Waals surface area contributed by atoms with Gasteiger partial charge in [-0.15, -0.1) is 0 Å². The van der Waals surface area contributed by atoms with Crippen LogP contribution in [0.15, 0.2) is 66.7 Å². The summed E-state index contributed by atoms with van der Waals surface area (Å²) in [5.74, 6) is 0.0976. The van der Waals surface area contributed by atoms with Gasteiger partial charge in [0.05, 0.1) is 20.3 Å². The Balaban J connectivity index is 1.54. The lowest BCUT2D eigenvalue weighted by Gasteiger charge is -2.23. The summed E-state index contributed by atoms with van der Waals surface area (Å²) in [6, 6.07) is 18.7. The first kappa shape index (κ1) is 33.4. The van der Waals surface area contributed by atoms with Crippen molar-refractivity contribution in [2.75, 3.05) is 40.0 Å². The quantitative estimate of drug-likeness (QED) is 0.177. The van der Waals surface area contributed by atoms with E-state index in [1.54, 1.807) is 60.4 Å². The second kappa shape index (κ2) is 17.7. The number of benzene rings is 3. The van der Waals surface area contributed by atoms with Crippen LogP contribution in [0.1, 0.15) is 36.5 Å². The maximum atomic E-state index is 13.2. The van der Waals surface area contributed by atoms with E-state index in [1.807, 2.05) is 13.0 Å². The number of rotatable bonds is 18. The minimum atomic E-state index is -1.00. The van der Waals surface area contributed by atoms with E-state index < -0.39 is 18.2 Å². The molecule has 0 saturated heterocycles. The molecule has 0 saturated carbocycles. The normalized spacial score (nSPS) is 11.5. The largest absolute Gasteiger partial charge is 0.493 e. The lowest BCUT2D eigenvalue weighted by atomic mass is 10.1. The lowest BCUT2D eigenvalue weighted by Crippen LogP contribution is -2.37. The Bertz CT molecular complexity index is 1280. The van der Waals surface area contributed by atoms with E-state index >= 15 is 0 Å². The van der Waals surface area contributed by atoms with Crippen molar-refractivity contribution in [3.05, 3.63) is 89.2 Å². The van der Waals surface area contributed by atoms with Gasteiger partial charge in [0.2, 0.25) is 0 Å². The van der Waals surface area contributed by atoms with Crippen LogP contribution < -0.4 is 14.2 Å². The first-order chi connectivity index (χ1) is 20.8. The van der Waals surface area contributed by atoms with Crippen LogP contribution in [0.3, 0.4) is 0 Å². The van der Waals surface area contributed by atoms with Crippen LogP contribution in [0.25, 0.3) is 0 Å². The van der Waals surface area contributed by atoms with Gasteiger partial charge < -0.3 is 33.7 Å². The SMILES string of the molecule is CCOC(Cc1ccc(OCCN(CCCCOCc2ccc(F)cc2)C(=O)Oc2cc(C)ccc2OC)cc1)C(=O)O. The molecule has 1 N–H and O–H groups in total. The van der Waals surface area contributed by atoms with Gasteiger partial charge >= 0.3 is 12.1 Å². The molecular formula is C33H40FNO8. The fourth-order valence-electron chi connectivity index (χ4n) is 4.22. The highest BCUT2D eigenvalue weighted by Crippen LogP contribution is 2.28. The predicted octanol–water partition coefficient (Wildman–Crippen LogP) is 6.05. The number of methoxy groups -OCH3 is 1. The first-order valence-electron chi connectivity index (χ1n) is 14.3. The number of aliphatic carboxylic acids is 1. The Kier molecular flexibility index (Phi) is 13.7. The molecule has 10 heteroatoms. The van der Waals surface area contributed by atoms with Crippen LogP contribution in [0.4, 0.5) is 9.18 Å². The fourth-order valence-corrected chi connectivity index (χ4v) is 4.22. The van der Waals surface area contributed by atoms with Gasteiger partial charge in [0, 0.05) is 26.2 Å². The molecule has 3 rings (SSSR count). The van der Waals surface area contributed by atoms with Gasteiger partial charge in [0.15, 0.2) is 17.6 Å². The van der Waals surface area contributed by atoms with Gasteiger partial charge in [-0.25, -0.2) is 14.0 Å². The zero-order chi connectivity index (χ0) is 31.0.